The maximum atomic E-state index is 12.3. The minimum Gasteiger partial charge on any atom is -0.300 e. The van der Waals surface area contributed by atoms with E-state index in [1.807, 2.05) is 38.1 Å². The van der Waals surface area contributed by atoms with Crippen molar-refractivity contribution in [2.75, 3.05) is 5.32 Å². The topological polar surface area (TPSA) is 81.8 Å². The number of aromatic nitrogens is 4. The zero-order chi connectivity index (χ0) is 17.3. The van der Waals surface area contributed by atoms with E-state index in [2.05, 4.69) is 15.5 Å². The lowest BCUT2D eigenvalue weighted by Gasteiger charge is -2.03. The lowest BCUT2D eigenvalue weighted by molar-refractivity contribution is -0.116. The zero-order valence-corrected chi connectivity index (χ0v) is 14.6. The number of para-hydroxylation sites is 2. The summed E-state index contributed by atoms with van der Waals surface area (Å²) >= 11 is 1.37. The maximum Gasteiger partial charge on any atom is 0.328 e. The van der Waals surface area contributed by atoms with Crippen LogP contribution in [0.25, 0.3) is 11.0 Å². The highest BCUT2D eigenvalue weighted by Gasteiger charge is 2.13. The number of aryl methyl sites for hydroxylation is 2. The average Bonchev–Trinajstić information content (AvgIpc) is 3.11. The van der Waals surface area contributed by atoms with Crippen LogP contribution in [0.2, 0.25) is 0 Å². The van der Waals surface area contributed by atoms with E-state index in [9.17, 15) is 9.59 Å². The number of anilines is 1. The zero-order valence-electron chi connectivity index (χ0n) is 13.8. The number of hydrogen-bond acceptors (Lipinski definition) is 5. The molecule has 0 radical (unpaired) electrons. The Morgan fingerprint density at radius 2 is 1.96 bits per heavy atom. The van der Waals surface area contributed by atoms with Crippen LogP contribution in [0.3, 0.4) is 0 Å². The van der Waals surface area contributed by atoms with Gasteiger partial charge in [0.05, 0.1) is 11.0 Å². The minimum absolute atomic E-state index is 0.123. The van der Waals surface area contributed by atoms with Gasteiger partial charge in [-0.25, -0.2) is 4.79 Å². The van der Waals surface area contributed by atoms with Crippen molar-refractivity contribution >= 4 is 33.4 Å². The van der Waals surface area contributed by atoms with E-state index >= 15 is 0 Å². The van der Waals surface area contributed by atoms with Crippen LogP contribution in [0.1, 0.15) is 31.2 Å². The summed E-state index contributed by atoms with van der Waals surface area (Å²) in [5.41, 5.74) is 1.56. The summed E-state index contributed by atoms with van der Waals surface area (Å²) < 4.78 is 3.21. The molecule has 3 rings (SSSR count). The predicted molar refractivity (Wildman–Crippen MR) is 94.4 cm³/mol. The van der Waals surface area contributed by atoms with Gasteiger partial charge in [-0.3, -0.25) is 13.9 Å². The van der Waals surface area contributed by atoms with E-state index in [1.165, 1.54) is 11.3 Å². The molecule has 0 aliphatic carbocycles. The number of hydrogen-bond donors (Lipinski definition) is 1. The van der Waals surface area contributed by atoms with E-state index in [0.29, 0.717) is 11.7 Å². The second-order valence-corrected chi connectivity index (χ2v) is 6.89. The molecular formula is C16H19N5O2S. The van der Waals surface area contributed by atoms with Gasteiger partial charge in [0.1, 0.15) is 5.01 Å². The number of benzene rings is 1. The molecule has 0 unspecified atom stereocenters. The first-order valence-corrected chi connectivity index (χ1v) is 8.56. The predicted octanol–water partition coefficient (Wildman–Crippen LogP) is 2.34. The van der Waals surface area contributed by atoms with Crippen molar-refractivity contribution in [1.82, 2.24) is 19.3 Å². The fourth-order valence-electron chi connectivity index (χ4n) is 2.49. The summed E-state index contributed by atoms with van der Waals surface area (Å²) in [7, 11) is 1.73. The van der Waals surface area contributed by atoms with Crippen LogP contribution in [-0.2, 0) is 18.4 Å². The molecule has 0 saturated carbocycles. The molecule has 2 heterocycles. The molecular weight excluding hydrogens is 326 g/mol. The number of nitrogens with zero attached hydrogens (tertiary/aromatic N) is 4. The highest BCUT2D eigenvalue weighted by molar-refractivity contribution is 7.15. The van der Waals surface area contributed by atoms with Crippen molar-refractivity contribution in [3.8, 4) is 0 Å². The Morgan fingerprint density at radius 1 is 1.25 bits per heavy atom. The van der Waals surface area contributed by atoms with Crippen molar-refractivity contribution in [3.05, 3.63) is 39.8 Å². The van der Waals surface area contributed by atoms with Gasteiger partial charge in [-0.05, 0) is 12.1 Å². The molecule has 1 aromatic carbocycles. The molecule has 0 saturated heterocycles. The first-order valence-electron chi connectivity index (χ1n) is 7.75. The van der Waals surface area contributed by atoms with Gasteiger partial charge in [-0.15, -0.1) is 10.2 Å². The fourth-order valence-corrected chi connectivity index (χ4v) is 3.25. The van der Waals surface area contributed by atoms with Gasteiger partial charge in [0, 0.05) is 25.9 Å². The van der Waals surface area contributed by atoms with E-state index in [0.717, 1.165) is 16.0 Å². The average molecular weight is 345 g/mol. The Balaban J connectivity index is 1.70. The molecule has 1 N–H and O–H groups in total. The van der Waals surface area contributed by atoms with E-state index in [4.69, 9.17) is 0 Å². The number of rotatable bonds is 5. The van der Waals surface area contributed by atoms with Crippen LogP contribution >= 0.6 is 11.3 Å². The molecule has 1 amide bonds. The molecule has 0 aliphatic rings. The summed E-state index contributed by atoms with van der Waals surface area (Å²) in [5, 5.41) is 12.1. The van der Waals surface area contributed by atoms with Crippen LogP contribution in [0.4, 0.5) is 5.13 Å². The summed E-state index contributed by atoms with van der Waals surface area (Å²) in [6.45, 7) is 4.37. The summed E-state index contributed by atoms with van der Waals surface area (Å²) in [6, 6.07) is 7.55. The molecule has 126 valence electrons. The SMILES string of the molecule is CC(C)c1nnc(NC(=O)CCn2c(=O)n(C)c3ccccc32)s1. The van der Waals surface area contributed by atoms with Crippen molar-refractivity contribution in [2.45, 2.75) is 32.7 Å². The standard InChI is InChI=1S/C16H19N5O2S/c1-10(2)14-18-19-15(24-14)17-13(22)8-9-21-12-7-5-4-6-11(12)20(3)16(21)23/h4-7,10H,8-9H2,1-3H3,(H,17,19,22). The van der Waals surface area contributed by atoms with Crippen LogP contribution < -0.4 is 11.0 Å². The first-order chi connectivity index (χ1) is 11.5. The lowest BCUT2D eigenvalue weighted by atomic mass is 10.2. The molecule has 0 fully saturated rings. The summed E-state index contributed by atoms with van der Waals surface area (Å²) in [6.07, 6.45) is 0.199. The molecule has 0 atom stereocenters. The van der Waals surface area contributed by atoms with Crippen LogP contribution in [0, 0.1) is 0 Å². The molecule has 7 nitrogen and oxygen atoms in total. The fraction of sp³-hybridized carbons (Fsp3) is 0.375. The van der Waals surface area contributed by atoms with Crippen molar-refractivity contribution < 1.29 is 4.79 Å². The quantitative estimate of drug-likeness (QED) is 0.769. The number of carbonyl (C=O) groups is 1. The van der Waals surface area contributed by atoms with Gasteiger partial charge >= 0.3 is 5.69 Å². The molecule has 24 heavy (non-hydrogen) atoms. The molecule has 2 aromatic heterocycles. The number of amides is 1. The molecule has 8 heteroatoms. The third-order valence-corrected chi connectivity index (χ3v) is 4.93. The van der Waals surface area contributed by atoms with Gasteiger partial charge in [0.25, 0.3) is 0 Å². The Morgan fingerprint density at radius 3 is 2.62 bits per heavy atom. The van der Waals surface area contributed by atoms with Crippen molar-refractivity contribution in [3.63, 3.8) is 0 Å². The minimum atomic E-state index is -0.179. The normalized spacial score (nSPS) is 11.3. The highest BCUT2D eigenvalue weighted by Crippen LogP contribution is 2.22. The van der Waals surface area contributed by atoms with E-state index in [-0.39, 0.29) is 23.9 Å². The van der Waals surface area contributed by atoms with Gasteiger partial charge in [0.15, 0.2) is 0 Å². The van der Waals surface area contributed by atoms with Gasteiger partial charge in [0.2, 0.25) is 11.0 Å². The molecule has 0 aliphatic heterocycles. The highest BCUT2D eigenvalue weighted by atomic mass is 32.1. The molecule has 3 aromatic rings. The number of nitrogens with one attached hydrogen (secondary N) is 1. The number of carbonyl (C=O) groups excluding carboxylic acids is 1. The Labute approximate surface area is 142 Å². The first kappa shape index (κ1) is 16.4. The third-order valence-electron chi connectivity index (χ3n) is 3.80. The van der Waals surface area contributed by atoms with Crippen LogP contribution in [0.5, 0.6) is 0 Å². The van der Waals surface area contributed by atoms with Crippen LogP contribution in [-0.4, -0.2) is 25.2 Å². The lowest BCUT2D eigenvalue weighted by Crippen LogP contribution is -2.24. The maximum absolute atomic E-state index is 12.3. The summed E-state index contributed by atoms with van der Waals surface area (Å²) in [5.74, 6) is 0.101. The Hall–Kier alpha value is -2.48. The second-order valence-electron chi connectivity index (χ2n) is 5.88. The van der Waals surface area contributed by atoms with Crippen molar-refractivity contribution in [1.29, 1.82) is 0 Å². The Kier molecular flexibility index (Phi) is 4.48. The van der Waals surface area contributed by atoms with Crippen LogP contribution in [0.15, 0.2) is 29.1 Å². The molecule has 0 bridgehead atoms. The van der Waals surface area contributed by atoms with Crippen molar-refractivity contribution in [2.24, 2.45) is 7.05 Å². The van der Waals surface area contributed by atoms with Gasteiger partial charge < -0.3 is 5.32 Å². The Bertz CT molecular complexity index is 937. The largest absolute Gasteiger partial charge is 0.328 e. The monoisotopic (exact) mass is 345 g/mol. The van der Waals surface area contributed by atoms with Gasteiger partial charge in [-0.2, -0.15) is 0 Å². The summed E-state index contributed by atoms with van der Waals surface area (Å²) in [4.78, 5) is 24.4. The van der Waals surface area contributed by atoms with E-state index < -0.39 is 0 Å². The third kappa shape index (κ3) is 3.09. The van der Waals surface area contributed by atoms with Gasteiger partial charge in [-0.1, -0.05) is 37.3 Å². The number of fused-ring (bicyclic) bond motifs is 1. The smallest absolute Gasteiger partial charge is 0.300 e. The molecule has 0 spiro atoms. The van der Waals surface area contributed by atoms with E-state index in [1.54, 1.807) is 16.2 Å². The second kappa shape index (κ2) is 6.56. The number of imidazole rings is 1.